The average molecular weight is 310 g/mol. The molecule has 2 aromatic rings. The number of benzene rings is 1. The van der Waals surface area contributed by atoms with Gasteiger partial charge < -0.3 is 9.80 Å². The molecule has 0 radical (unpaired) electrons. The van der Waals surface area contributed by atoms with Crippen LogP contribution in [0, 0.1) is 0 Å². The number of aliphatic imine (C=N–C) groups is 1. The number of likely N-dealkylation sites (N-methyl/N-ethyl adjacent to an activating group) is 1. The van der Waals surface area contributed by atoms with Gasteiger partial charge in [0, 0.05) is 45.3 Å². The maximum atomic E-state index is 4.28. The maximum absolute atomic E-state index is 4.28. The van der Waals surface area contributed by atoms with Crippen LogP contribution < -0.4 is 0 Å². The van der Waals surface area contributed by atoms with Gasteiger partial charge in [-0.1, -0.05) is 17.3 Å². The number of aromatic nitrogens is 3. The van der Waals surface area contributed by atoms with Crippen LogP contribution in [-0.4, -0.2) is 57.7 Å². The first-order valence-corrected chi connectivity index (χ1v) is 7.88. The fourth-order valence-corrected chi connectivity index (χ4v) is 2.39. The molecule has 120 valence electrons. The van der Waals surface area contributed by atoms with Crippen LogP contribution in [0.2, 0.25) is 0 Å². The standard InChI is InChI=1S/C17H22N6/c1-3-18-12-15-4-6-17(7-5-15)23-14-16(19-20-23)13-22-10-8-21(2)9-11-22/h4-8,10,12,14H,3,9,11,13H2,1-2H3. The summed E-state index contributed by atoms with van der Waals surface area (Å²) in [5.41, 5.74) is 3.07. The van der Waals surface area contributed by atoms with Crippen molar-refractivity contribution in [3.63, 3.8) is 0 Å². The lowest BCUT2D eigenvalue weighted by Crippen LogP contribution is -2.32. The highest BCUT2D eigenvalue weighted by atomic mass is 15.4. The van der Waals surface area contributed by atoms with Crippen LogP contribution >= 0.6 is 0 Å². The SMILES string of the molecule is CCN=Cc1ccc(-n2cc(CN3C=CN(C)CC3)nn2)cc1. The topological polar surface area (TPSA) is 49.6 Å². The lowest BCUT2D eigenvalue weighted by atomic mass is 10.2. The summed E-state index contributed by atoms with van der Waals surface area (Å²) >= 11 is 0. The predicted molar refractivity (Wildman–Crippen MR) is 91.7 cm³/mol. The molecule has 0 amide bonds. The van der Waals surface area contributed by atoms with E-state index >= 15 is 0 Å². The fraction of sp³-hybridized carbons (Fsp3) is 0.353. The minimum atomic E-state index is 0.783. The minimum absolute atomic E-state index is 0.783. The first-order chi connectivity index (χ1) is 11.2. The molecule has 0 unspecified atom stereocenters. The smallest absolute Gasteiger partial charge is 0.102 e. The van der Waals surface area contributed by atoms with Crippen LogP contribution in [0.4, 0.5) is 0 Å². The predicted octanol–water partition coefficient (Wildman–Crippen LogP) is 1.92. The molecule has 0 saturated carbocycles. The van der Waals surface area contributed by atoms with E-state index in [1.165, 1.54) is 0 Å². The molecule has 3 rings (SSSR count). The zero-order valence-corrected chi connectivity index (χ0v) is 13.6. The lowest BCUT2D eigenvalue weighted by molar-refractivity contribution is 0.280. The zero-order chi connectivity index (χ0) is 16.1. The van der Waals surface area contributed by atoms with E-state index in [-0.39, 0.29) is 0 Å². The van der Waals surface area contributed by atoms with Crippen molar-refractivity contribution in [3.8, 4) is 5.69 Å². The average Bonchev–Trinajstić information content (AvgIpc) is 3.04. The van der Waals surface area contributed by atoms with Gasteiger partial charge in [-0.05, 0) is 24.6 Å². The molecular weight excluding hydrogens is 288 g/mol. The fourth-order valence-electron chi connectivity index (χ4n) is 2.39. The van der Waals surface area contributed by atoms with E-state index in [0.29, 0.717) is 0 Å². The zero-order valence-electron chi connectivity index (χ0n) is 13.6. The van der Waals surface area contributed by atoms with Gasteiger partial charge in [-0.2, -0.15) is 0 Å². The van der Waals surface area contributed by atoms with Crippen molar-refractivity contribution in [3.05, 3.63) is 54.1 Å². The normalized spacial score (nSPS) is 14.9. The Bertz CT molecular complexity index is 685. The molecule has 0 atom stereocenters. The molecule has 0 bridgehead atoms. The molecule has 1 aromatic carbocycles. The van der Waals surface area contributed by atoms with Crippen LogP contribution in [0.3, 0.4) is 0 Å². The summed E-state index contributed by atoms with van der Waals surface area (Å²) in [6.45, 7) is 5.65. The number of hydrogen-bond donors (Lipinski definition) is 0. The molecule has 1 aliphatic heterocycles. The Morgan fingerprint density at radius 2 is 2.00 bits per heavy atom. The second-order valence-corrected chi connectivity index (χ2v) is 5.62. The summed E-state index contributed by atoms with van der Waals surface area (Å²) in [5.74, 6) is 0. The summed E-state index contributed by atoms with van der Waals surface area (Å²) in [7, 11) is 2.08. The summed E-state index contributed by atoms with van der Waals surface area (Å²) in [6, 6.07) is 8.15. The van der Waals surface area contributed by atoms with Gasteiger partial charge in [0.25, 0.3) is 0 Å². The molecule has 0 aliphatic carbocycles. The van der Waals surface area contributed by atoms with Crippen molar-refractivity contribution in [2.45, 2.75) is 13.5 Å². The largest absolute Gasteiger partial charge is 0.377 e. The quantitative estimate of drug-likeness (QED) is 0.792. The molecule has 0 N–H and O–H groups in total. The second-order valence-electron chi connectivity index (χ2n) is 5.62. The third-order valence-corrected chi connectivity index (χ3v) is 3.76. The highest BCUT2D eigenvalue weighted by Crippen LogP contribution is 2.10. The monoisotopic (exact) mass is 310 g/mol. The van der Waals surface area contributed by atoms with Gasteiger partial charge in [-0.3, -0.25) is 4.99 Å². The summed E-state index contributed by atoms with van der Waals surface area (Å²) in [4.78, 5) is 8.67. The van der Waals surface area contributed by atoms with Crippen molar-refractivity contribution in [2.75, 3.05) is 26.7 Å². The van der Waals surface area contributed by atoms with Gasteiger partial charge in [-0.15, -0.1) is 5.10 Å². The molecule has 0 fully saturated rings. The molecule has 6 heteroatoms. The number of hydrogen-bond acceptors (Lipinski definition) is 5. The van der Waals surface area contributed by atoms with E-state index in [1.54, 1.807) is 0 Å². The van der Waals surface area contributed by atoms with E-state index in [9.17, 15) is 0 Å². The number of rotatable bonds is 5. The van der Waals surface area contributed by atoms with E-state index in [0.717, 1.165) is 43.1 Å². The van der Waals surface area contributed by atoms with Crippen LogP contribution in [0.1, 0.15) is 18.2 Å². The summed E-state index contributed by atoms with van der Waals surface area (Å²) < 4.78 is 1.82. The molecule has 1 aliphatic rings. The van der Waals surface area contributed by atoms with Gasteiger partial charge in [-0.25, -0.2) is 4.68 Å². The van der Waals surface area contributed by atoms with Crippen LogP contribution in [-0.2, 0) is 6.54 Å². The summed E-state index contributed by atoms with van der Waals surface area (Å²) in [5, 5.41) is 8.51. The highest BCUT2D eigenvalue weighted by molar-refractivity contribution is 5.79. The Labute approximate surface area is 136 Å². The van der Waals surface area contributed by atoms with E-state index in [2.05, 4.69) is 44.6 Å². The first-order valence-electron chi connectivity index (χ1n) is 7.88. The Morgan fingerprint density at radius 1 is 1.17 bits per heavy atom. The van der Waals surface area contributed by atoms with E-state index < -0.39 is 0 Å². The van der Waals surface area contributed by atoms with Crippen molar-refractivity contribution in [2.24, 2.45) is 4.99 Å². The molecule has 23 heavy (non-hydrogen) atoms. The van der Waals surface area contributed by atoms with Crippen LogP contribution in [0.5, 0.6) is 0 Å². The molecule has 1 aromatic heterocycles. The Balaban J connectivity index is 1.67. The van der Waals surface area contributed by atoms with Crippen molar-refractivity contribution >= 4 is 6.21 Å². The van der Waals surface area contributed by atoms with Gasteiger partial charge in [0.05, 0.1) is 18.4 Å². The van der Waals surface area contributed by atoms with Gasteiger partial charge in [0.1, 0.15) is 5.69 Å². The number of nitrogens with zero attached hydrogens (tertiary/aromatic N) is 6. The lowest BCUT2D eigenvalue weighted by Gasteiger charge is -2.28. The van der Waals surface area contributed by atoms with Crippen LogP contribution in [0.15, 0.2) is 47.9 Å². The Hall–Kier alpha value is -2.63. The van der Waals surface area contributed by atoms with Crippen LogP contribution in [0.25, 0.3) is 5.69 Å². The Morgan fingerprint density at radius 3 is 2.70 bits per heavy atom. The summed E-state index contributed by atoms with van der Waals surface area (Å²) in [6.07, 6.45) is 8.06. The molecule has 6 nitrogen and oxygen atoms in total. The maximum Gasteiger partial charge on any atom is 0.102 e. The van der Waals surface area contributed by atoms with Gasteiger partial charge in [0.15, 0.2) is 0 Å². The van der Waals surface area contributed by atoms with E-state index in [1.807, 2.05) is 48.3 Å². The van der Waals surface area contributed by atoms with Gasteiger partial charge in [0.2, 0.25) is 0 Å². The molecule has 0 saturated heterocycles. The third kappa shape index (κ3) is 3.97. The molecule has 0 spiro atoms. The second kappa shape index (κ2) is 7.09. The van der Waals surface area contributed by atoms with Crippen molar-refractivity contribution in [1.29, 1.82) is 0 Å². The highest BCUT2D eigenvalue weighted by Gasteiger charge is 2.10. The van der Waals surface area contributed by atoms with Crippen molar-refractivity contribution in [1.82, 2.24) is 24.8 Å². The van der Waals surface area contributed by atoms with Gasteiger partial charge >= 0.3 is 0 Å². The molecular formula is C17H22N6. The van der Waals surface area contributed by atoms with E-state index in [4.69, 9.17) is 0 Å². The third-order valence-electron chi connectivity index (χ3n) is 3.76. The minimum Gasteiger partial charge on any atom is -0.377 e. The molecule has 2 heterocycles. The Kier molecular flexibility index (Phi) is 4.71. The first kappa shape index (κ1) is 15.3. The van der Waals surface area contributed by atoms with Crippen molar-refractivity contribution < 1.29 is 0 Å².